The average Bonchev–Trinajstić information content (AvgIpc) is 2.46. The summed E-state index contributed by atoms with van der Waals surface area (Å²) in [5, 5.41) is 4.25. The van der Waals surface area contributed by atoms with Crippen molar-refractivity contribution >= 4 is 11.6 Å². The molecule has 1 unspecified atom stereocenters. The summed E-state index contributed by atoms with van der Waals surface area (Å²) < 4.78 is 13.6. The van der Waals surface area contributed by atoms with Gasteiger partial charge in [0.15, 0.2) is 0 Å². The summed E-state index contributed by atoms with van der Waals surface area (Å²) in [5.41, 5.74) is 3.27. The van der Waals surface area contributed by atoms with Crippen LogP contribution in [0.25, 0.3) is 0 Å². The fraction of sp³-hybridized carbons (Fsp3) is 0.333. The van der Waals surface area contributed by atoms with E-state index in [4.69, 9.17) is 11.6 Å². The van der Waals surface area contributed by atoms with Crippen molar-refractivity contribution < 1.29 is 4.39 Å². The molecule has 0 bridgehead atoms. The van der Waals surface area contributed by atoms with Gasteiger partial charge < -0.3 is 5.32 Å². The topological polar surface area (TPSA) is 12.0 Å². The minimum Gasteiger partial charge on any atom is -0.310 e. The molecule has 1 atom stereocenters. The Bertz CT molecular complexity index is 598. The molecule has 112 valence electrons. The summed E-state index contributed by atoms with van der Waals surface area (Å²) in [4.78, 5) is 0. The Morgan fingerprint density at radius 1 is 1.19 bits per heavy atom. The average molecular weight is 306 g/mol. The Morgan fingerprint density at radius 3 is 2.71 bits per heavy atom. The second-order valence-electron chi connectivity index (χ2n) is 5.34. The molecule has 0 aliphatic carbocycles. The lowest BCUT2D eigenvalue weighted by atomic mass is 9.95. The number of hydrogen-bond donors (Lipinski definition) is 1. The lowest BCUT2D eigenvalue weighted by Gasteiger charge is -2.21. The van der Waals surface area contributed by atoms with E-state index in [1.807, 2.05) is 31.2 Å². The van der Waals surface area contributed by atoms with Gasteiger partial charge in [0.2, 0.25) is 0 Å². The molecule has 21 heavy (non-hydrogen) atoms. The van der Waals surface area contributed by atoms with Gasteiger partial charge in [-0.1, -0.05) is 36.7 Å². The van der Waals surface area contributed by atoms with Crippen molar-refractivity contribution in [2.45, 2.75) is 32.7 Å². The van der Waals surface area contributed by atoms with Crippen LogP contribution in [-0.2, 0) is 6.42 Å². The number of benzene rings is 2. The molecule has 0 aliphatic heterocycles. The van der Waals surface area contributed by atoms with Gasteiger partial charge in [0.05, 0.1) is 0 Å². The first-order chi connectivity index (χ1) is 10.1. The summed E-state index contributed by atoms with van der Waals surface area (Å²) in [5.74, 6) is -0.190. The second kappa shape index (κ2) is 7.58. The molecule has 0 fully saturated rings. The molecule has 2 rings (SSSR count). The molecule has 0 saturated carbocycles. The maximum atomic E-state index is 13.6. The van der Waals surface area contributed by atoms with Crippen LogP contribution in [0.15, 0.2) is 42.5 Å². The smallest absolute Gasteiger partial charge is 0.123 e. The van der Waals surface area contributed by atoms with Crippen LogP contribution in [0.5, 0.6) is 0 Å². The van der Waals surface area contributed by atoms with Crippen LogP contribution in [0, 0.1) is 12.7 Å². The number of aryl methyl sites for hydroxylation is 1. The first-order valence-electron chi connectivity index (χ1n) is 7.34. The summed E-state index contributed by atoms with van der Waals surface area (Å²) in [6.07, 6.45) is 1.84. The fourth-order valence-corrected chi connectivity index (χ4v) is 2.71. The summed E-state index contributed by atoms with van der Waals surface area (Å²) in [6.45, 7) is 5.05. The predicted molar refractivity (Wildman–Crippen MR) is 87.3 cm³/mol. The zero-order valence-corrected chi connectivity index (χ0v) is 13.3. The first kappa shape index (κ1) is 16.0. The Kier molecular flexibility index (Phi) is 5.77. The number of hydrogen-bond acceptors (Lipinski definition) is 1. The largest absolute Gasteiger partial charge is 0.310 e. The summed E-state index contributed by atoms with van der Waals surface area (Å²) in [6, 6.07) is 12.9. The minimum atomic E-state index is -0.190. The van der Waals surface area contributed by atoms with Crippen LogP contribution < -0.4 is 5.32 Å². The molecule has 2 aromatic rings. The molecule has 0 saturated heterocycles. The van der Waals surface area contributed by atoms with E-state index in [1.54, 1.807) is 6.07 Å². The second-order valence-corrected chi connectivity index (χ2v) is 5.78. The van der Waals surface area contributed by atoms with E-state index in [0.717, 1.165) is 41.1 Å². The summed E-state index contributed by atoms with van der Waals surface area (Å²) in [7, 11) is 0. The highest BCUT2D eigenvalue weighted by Crippen LogP contribution is 2.24. The van der Waals surface area contributed by atoms with Crippen molar-refractivity contribution in [3.8, 4) is 0 Å². The Hall–Kier alpha value is -1.38. The van der Waals surface area contributed by atoms with Crippen LogP contribution in [0.4, 0.5) is 4.39 Å². The maximum absolute atomic E-state index is 13.6. The van der Waals surface area contributed by atoms with Gasteiger partial charge in [0, 0.05) is 11.1 Å². The Balaban J connectivity index is 2.27. The molecule has 1 N–H and O–H groups in total. The van der Waals surface area contributed by atoms with E-state index >= 15 is 0 Å². The Morgan fingerprint density at radius 2 is 2.00 bits per heavy atom. The standard InChI is InChI=1S/C18H21ClFN/c1-3-9-21-18(11-14-5-4-6-15(19)10-14)17-12-16(20)8-7-13(17)2/h4-8,10,12,18,21H,3,9,11H2,1-2H3. The molecule has 3 heteroatoms. The predicted octanol–water partition coefficient (Wildman–Crippen LogP) is 5.07. The van der Waals surface area contributed by atoms with Crippen LogP contribution in [0.2, 0.25) is 5.02 Å². The van der Waals surface area contributed by atoms with Gasteiger partial charge in [0.1, 0.15) is 5.82 Å². The van der Waals surface area contributed by atoms with E-state index in [1.165, 1.54) is 6.07 Å². The van der Waals surface area contributed by atoms with Gasteiger partial charge in [0.25, 0.3) is 0 Å². The van der Waals surface area contributed by atoms with Gasteiger partial charge in [-0.15, -0.1) is 0 Å². The highest BCUT2D eigenvalue weighted by Gasteiger charge is 2.15. The van der Waals surface area contributed by atoms with Crippen molar-refractivity contribution in [3.05, 3.63) is 70.0 Å². The van der Waals surface area contributed by atoms with Crippen molar-refractivity contribution in [2.24, 2.45) is 0 Å². The van der Waals surface area contributed by atoms with Crippen molar-refractivity contribution in [2.75, 3.05) is 6.54 Å². The molecule has 0 aromatic heterocycles. The van der Waals surface area contributed by atoms with E-state index in [-0.39, 0.29) is 11.9 Å². The SMILES string of the molecule is CCCNC(Cc1cccc(Cl)c1)c1cc(F)ccc1C. The van der Waals surface area contributed by atoms with Crippen LogP contribution in [0.3, 0.4) is 0 Å². The summed E-state index contributed by atoms with van der Waals surface area (Å²) >= 11 is 6.05. The molecular formula is C18H21ClFN. The molecule has 2 aromatic carbocycles. The third-order valence-electron chi connectivity index (χ3n) is 3.59. The van der Waals surface area contributed by atoms with Gasteiger partial charge in [-0.2, -0.15) is 0 Å². The van der Waals surface area contributed by atoms with E-state index in [2.05, 4.69) is 18.3 Å². The molecule has 0 amide bonds. The van der Waals surface area contributed by atoms with E-state index < -0.39 is 0 Å². The lowest BCUT2D eigenvalue weighted by Crippen LogP contribution is -2.25. The normalized spacial score (nSPS) is 12.4. The van der Waals surface area contributed by atoms with Crippen LogP contribution in [0.1, 0.15) is 36.1 Å². The van der Waals surface area contributed by atoms with Crippen LogP contribution >= 0.6 is 11.6 Å². The first-order valence-corrected chi connectivity index (χ1v) is 7.72. The van der Waals surface area contributed by atoms with E-state index in [0.29, 0.717) is 0 Å². The number of rotatable bonds is 6. The van der Waals surface area contributed by atoms with Gasteiger partial charge in [-0.05, 0) is 67.3 Å². The third-order valence-corrected chi connectivity index (χ3v) is 3.82. The molecule has 1 nitrogen and oxygen atoms in total. The quantitative estimate of drug-likeness (QED) is 0.785. The molecule has 0 aliphatic rings. The number of nitrogens with one attached hydrogen (secondary N) is 1. The van der Waals surface area contributed by atoms with Gasteiger partial charge in [-0.25, -0.2) is 4.39 Å². The number of halogens is 2. The zero-order valence-electron chi connectivity index (χ0n) is 12.5. The fourth-order valence-electron chi connectivity index (χ4n) is 2.50. The van der Waals surface area contributed by atoms with Crippen LogP contribution in [-0.4, -0.2) is 6.54 Å². The zero-order chi connectivity index (χ0) is 15.2. The van der Waals surface area contributed by atoms with Crippen molar-refractivity contribution in [1.82, 2.24) is 5.32 Å². The molecule has 0 heterocycles. The molecule has 0 spiro atoms. The molecular weight excluding hydrogens is 285 g/mol. The van der Waals surface area contributed by atoms with Crippen molar-refractivity contribution in [1.29, 1.82) is 0 Å². The maximum Gasteiger partial charge on any atom is 0.123 e. The van der Waals surface area contributed by atoms with Gasteiger partial charge in [-0.3, -0.25) is 0 Å². The highest BCUT2D eigenvalue weighted by atomic mass is 35.5. The minimum absolute atomic E-state index is 0.0964. The van der Waals surface area contributed by atoms with Crippen molar-refractivity contribution in [3.63, 3.8) is 0 Å². The Labute approximate surface area is 131 Å². The molecule has 0 radical (unpaired) electrons. The monoisotopic (exact) mass is 305 g/mol. The third kappa shape index (κ3) is 4.55. The van der Waals surface area contributed by atoms with Gasteiger partial charge >= 0.3 is 0 Å². The lowest BCUT2D eigenvalue weighted by molar-refractivity contribution is 0.522. The highest BCUT2D eigenvalue weighted by molar-refractivity contribution is 6.30. The van der Waals surface area contributed by atoms with E-state index in [9.17, 15) is 4.39 Å².